The number of nitrogens with one attached hydrogen (secondary N) is 1. The van der Waals surface area contributed by atoms with E-state index in [9.17, 15) is 8.42 Å². The van der Waals surface area contributed by atoms with Crippen LogP contribution in [0.15, 0.2) is 23.1 Å². The number of nitrogens with two attached hydrogens (primary N) is 1. The van der Waals surface area contributed by atoms with Crippen molar-refractivity contribution in [2.24, 2.45) is 5.73 Å². The Morgan fingerprint density at radius 1 is 1.43 bits per heavy atom. The van der Waals surface area contributed by atoms with Gasteiger partial charge in [0.05, 0.1) is 4.90 Å². The predicted octanol–water partition coefficient (Wildman–Crippen LogP) is 2.19. The minimum Gasteiger partial charge on any atom is -0.389 e. The maximum Gasteiger partial charge on any atom is 0.241 e. The first-order valence-electron chi connectivity index (χ1n) is 6.80. The number of benzene rings is 1. The van der Waals surface area contributed by atoms with E-state index in [2.05, 4.69) is 4.72 Å². The Bertz CT molecular complexity index is 644. The maximum absolute atomic E-state index is 12.6. The topological polar surface area (TPSA) is 72.2 Å². The fourth-order valence-corrected chi connectivity index (χ4v) is 5.40. The Balaban J connectivity index is 2.25. The third-order valence-electron chi connectivity index (χ3n) is 3.81. The normalized spacial score (nSPS) is 22.4. The lowest BCUT2D eigenvalue weighted by Crippen LogP contribution is -2.38. The zero-order chi connectivity index (χ0) is 15.6. The Morgan fingerprint density at radius 3 is 2.71 bits per heavy atom. The van der Waals surface area contributed by atoms with Crippen LogP contribution in [0.5, 0.6) is 0 Å². The van der Waals surface area contributed by atoms with Gasteiger partial charge in [-0.1, -0.05) is 24.7 Å². The Hall–Kier alpha value is -0.630. The van der Waals surface area contributed by atoms with Crippen LogP contribution in [0.1, 0.15) is 30.4 Å². The fourth-order valence-electron chi connectivity index (χ4n) is 2.71. The van der Waals surface area contributed by atoms with Crippen LogP contribution < -0.4 is 10.5 Å². The molecule has 1 aliphatic carbocycles. The van der Waals surface area contributed by atoms with Crippen molar-refractivity contribution < 1.29 is 8.42 Å². The number of thiocarbonyl (C=S) groups is 1. The second kappa shape index (κ2) is 6.64. The molecule has 4 nitrogen and oxygen atoms in total. The monoisotopic (exact) mass is 344 g/mol. The van der Waals surface area contributed by atoms with Gasteiger partial charge >= 0.3 is 0 Å². The highest BCUT2D eigenvalue weighted by atomic mass is 32.2. The Labute approximate surface area is 135 Å². The molecule has 1 aromatic carbocycles. The summed E-state index contributed by atoms with van der Waals surface area (Å²) < 4.78 is 28.0. The first kappa shape index (κ1) is 16.7. The molecule has 1 aromatic rings. The van der Waals surface area contributed by atoms with E-state index in [0.717, 1.165) is 19.3 Å². The van der Waals surface area contributed by atoms with Crippen LogP contribution in [-0.4, -0.2) is 31.0 Å². The zero-order valence-corrected chi connectivity index (χ0v) is 14.6. The number of hydrogen-bond acceptors (Lipinski definition) is 4. The summed E-state index contributed by atoms with van der Waals surface area (Å²) in [6, 6.07) is 4.97. The summed E-state index contributed by atoms with van der Waals surface area (Å²) in [4.78, 5) is 0.572. The van der Waals surface area contributed by atoms with Gasteiger partial charge in [-0.2, -0.15) is 11.8 Å². The summed E-state index contributed by atoms with van der Waals surface area (Å²) in [6.07, 6.45) is 5.06. The molecule has 0 aliphatic heterocycles. The van der Waals surface area contributed by atoms with Gasteiger partial charge < -0.3 is 5.73 Å². The molecule has 116 valence electrons. The lowest BCUT2D eigenvalue weighted by atomic mass is 10.1. The number of aryl methyl sites for hydroxylation is 1. The summed E-state index contributed by atoms with van der Waals surface area (Å²) >= 11 is 6.64. The van der Waals surface area contributed by atoms with E-state index < -0.39 is 10.0 Å². The van der Waals surface area contributed by atoms with Crippen molar-refractivity contribution >= 4 is 39.0 Å². The standard InChI is InChI=1S/C14H20N2O2S3/c1-9-8-10(14(15)19)6-7-13(9)21(17,18)16-11-4-3-5-12(11)20-2/h6-8,11-12,16H,3-5H2,1-2H3,(H2,15,19). The molecule has 1 aliphatic rings. The van der Waals surface area contributed by atoms with Crippen molar-refractivity contribution in [3.8, 4) is 0 Å². The van der Waals surface area contributed by atoms with Crippen molar-refractivity contribution in [2.45, 2.75) is 42.4 Å². The molecule has 21 heavy (non-hydrogen) atoms. The fraction of sp³-hybridized carbons (Fsp3) is 0.500. The third kappa shape index (κ3) is 3.77. The SMILES string of the molecule is CSC1CCCC1NS(=O)(=O)c1ccc(C(N)=S)cc1C. The molecule has 0 heterocycles. The first-order chi connectivity index (χ1) is 9.85. The Kier molecular flexibility index (Phi) is 5.29. The van der Waals surface area contributed by atoms with E-state index in [-0.39, 0.29) is 11.0 Å². The van der Waals surface area contributed by atoms with Gasteiger partial charge in [-0.15, -0.1) is 0 Å². The molecule has 2 unspecified atom stereocenters. The molecule has 0 bridgehead atoms. The number of thioether (sulfide) groups is 1. The summed E-state index contributed by atoms with van der Waals surface area (Å²) in [6.45, 7) is 1.76. The van der Waals surface area contributed by atoms with Crippen molar-refractivity contribution in [3.63, 3.8) is 0 Å². The summed E-state index contributed by atoms with van der Waals surface area (Å²) in [7, 11) is -3.51. The molecule has 1 saturated carbocycles. The first-order valence-corrected chi connectivity index (χ1v) is 9.98. The van der Waals surface area contributed by atoms with Gasteiger partial charge in [0.2, 0.25) is 10.0 Å². The minimum absolute atomic E-state index is 0.0136. The highest BCUT2D eigenvalue weighted by molar-refractivity contribution is 7.99. The van der Waals surface area contributed by atoms with Crippen molar-refractivity contribution in [1.82, 2.24) is 4.72 Å². The minimum atomic E-state index is -3.51. The second-order valence-electron chi connectivity index (χ2n) is 5.28. The number of hydrogen-bond donors (Lipinski definition) is 2. The molecule has 0 radical (unpaired) electrons. The van der Waals surface area contributed by atoms with Crippen LogP contribution in [0.4, 0.5) is 0 Å². The molecule has 0 aromatic heterocycles. The van der Waals surface area contributed by atoms with Gasteiger partial charge in [0.15, 0.2) is 0 Å². The number of rotatable bonds is 5. The molecule has 7 heteroatoms. The van der Waals surface area contributed by atoms with E-state index in [1.807, 2.05) is 6.26 Å². The quantitative estimate of drug-likeness (QED) is 0.801. The molecular formula is C14H20N2O2S3. The largest absolute Gasteiger partial charge is 0.389 e. The summed E-state index contributed by atoms with van der Waals surface area (Å²) in [5.41, 5.74) is 6.92. The Morgan fingerprint density at radius 2 is 2.14 bits per heavy atom. The molecule has 0 saturated heterocycles. The second-order valence-corrected chi connectivity index (χ2v) is 8.48. The van der Waals surface area contributed by atoms with Gasteiger partial charge in [0.25, 0.3) is 0 Å². The predicted molar refractivity (Wildman–Crippen MR) is 92.3 cm³/mol. The summed E-state index contributed by atoms with van der Waals surface area (Å²) in [5.74, 6) is 0. The van der Waals surface area contributed by atoms with E-state index >= 15 is 0 Å². The van der Waals surface area contributed by atoms with Gasteiger partial charge in [-0.25, -0.2) is 13.1 Å². The van der Waals surface area contributed by atoms with Gasteiger partial charge in [0, 0.05) is 16.9 Å². The van der Waals surface area contributed by atoms with Crippen molar-refractivity contribution in [3.05, 3.63) is 29.3 Å². The van der Waals surface area contributed by atoms with E-state index in [1.54, 1.807) is 36.9 Å². The highest BCUT2D eigenvalue weighted by Gasteiger charge is 2.31. The molecule has 0 spiro atoms. The third-order valence-corrected chi connectivity index (χ3v) is 6.87. The van der Waals surface area contributed by atoms with Crippen LogP contribution in [0.2, 0.25) is 0 Å². The average Bonchev–Trinajstić information content (AvgIpc) is 2.84. The van der Waals surface area contributed by atoms with Crippen LogP contribution >= 0.6 is 24.0 Å². The van der Waals surface area contributed by atoms with E-state index in [4.69, 9.17) is 18.0 Å². The van der Waals surface area contributed by atoms with Crippen LogP contribution in [0.25, 0.3) is 0 Å². The molecule has 2 atom stereocenters. The molecule has 2 rings (SSSR count). The van der Waals surface area contributed by atoms with Crippen LogP contribution in [0, 0.1) is 6.92 Å². The highest BCUT2D eigenvalue weighted by Crippen LogP contribution is 2.30. The van der Waals surface area contributed by atoms with Gasteiger partial charge in [0.1, 0.15) is 4.99 Å². The van der Waals surface area contributed by atoms with Crippen molar-refractivity contribution in [2.75, 3.05) is 6.26 Å². The molecular weight excluding hydrogens is 324 g/mol. The molecule has 0 amide bonds. The van der Waals surface area contributed by atoms with E-state index in [0.29, 0.717) is 21.3 Å². The lowest BCUT2D eigenvalue weighted by molar-refractivity contribution is 0.554. The van der Waals surface area contributed by atoms with Crippen LogP contribution in [0.3, 0.4) is 0 Å². The van der Waals surface area contributed by atoms with E-state index in [1.165, 1.54) is 0 Å². The van der Waals surface area contributed by atoms with Crippen molar-refractivity contribution in [1.29, 1.82) is 0 Å². The number of sulfonamides is 1. The van der Waals surface area contributed by atoms with Gasteiger partial charge in [-0.3, -0.25) is 0 Å². The molecule has 1 fully saturated rings. The maximum atomic E-state index is 12.6. The lowest BCUT2D eigenvalue weighted by Gasteiger charge is -2.20. The average molecular weight is 345 g/mol. The smallest absolute Gasteiger partial charge is 0.241 e. The van der Waals surface area contributed by atoms with Crippen LogP contribution in [-0.2, 0) is 10.0 Å². The summed E-state index contributed by atoms with van der Waals surface area (Å²) in [5, 5.41) is 0.357. The zero-order valence-electron chi connectivity index (χ0n) is 12.1. The van der Waals surface area contributed by atoms with Gasteiger partial charge in [-0.05, 0) is 43.7 Å². The molecule has 3 N–H and O–H groups in total.